The van der Waals surface area contributed by atoms with E-state index < -0.39 is 0 Å². The largest absolute Gasteiger partial charge is 0.497 e. The van der Waals surface area contributed by atoms with Crippen LogP contribution in [0.1, 0.15) is 6.92 Å². The van der Waals surface area contributed by atoms with Crippen LogP contribution < -0.4 is 14.8 Å². The predicted octanol–water partition coefficient (Wildman–Crippen LogP) is 2.50. The third-order valence-electron chi connectivity index (χ3n) is 3.84. The minimum Gasteiger partial charge on any atom is -0.497 e. The fraction of sp³-hybridized carbons (Fsp3) is 0.278. The highest BCUT2D eigenvalue weighted by Gasteiger charge is 2.16. The lowest BCUT2D eigenvalue weighted by Gasteiger charge is -2.11. The van der Waals surface area contributed by atoms with Gasteiger partial charge in [-0.05, 0) is 19.1 Å². The Kier molecular flexibility index (Phi) is 6.43. The number of rotatable bonds is 8. The summed E-state index contributed by atoms with van der Waals surface area (Å²) >= 11 is 1.30. The standard InChI is InChI=1S/C18H20N6O3S/c1-4-24-17(14-10-19-7-8-20-14)22-23-18(24)28-11-16(25)21-13-6-5-12(26-2)9-15(13)27-3/h5-10H,4,11H2,1-3H3,(H,21,25). The fourth-order valence-corrected chi connectivity index (χ4v) is 3.31. The molecule has 10 heteroatoms. The molecule has 1 aromatic carbocycles. The summed E-state index contributed by atoms with van der Waals surface area (Å²) in [7, 11) is 3.11. The molecule has 0 saturated heterocycles. The summed E-state index contributed by atoms with van der Waals surface area (Å²) in [5.74, 6) is 1.79. The molecule has 3 rings (SSSR count). The van der Waals surface area contributed by atoms with E-state index in [1.807, 2.05) is 11.5 Å². The van der Waals surface area contributed by atoms with E-state index >= 15 is 0 Å². The molecule has 2 heterocycles. The Morgan fingerprint density at radius 1 is 1.21 bits per heavy atom. The van der Waals surface area contributed by atoms with Crippen molar-refractivity contribution in [2.24, 2.45) is 0 Å². The van der Waals surface area contributed by atoms with Crippen LogP contribution in [0.25, 0.3) is 11.5 Å². The highest BCUT2D eigenvalue weighted by molar-refractivity contribution is 7.99. The maximum Gasteiger partial charge on any atom is 0.234 e. The number of hydrogen-bond acceptors (Lipinski definition) is 8. The van der Waals surface area contributed by atoms with Crippen molar-refractivity contribution in [2.45, 2.75) is 18.6 Å². The number of nitrogens with zero attached hydrogens (tertiary/aromatic N) is 5. The Labute approximate surface area is 166 Å². The van der Waals surface area contributed by atoms with Crippen LogP contribution in [0.4, 0.5) is 5.69 Å². The van der Waals surface area contributed by atoms with Gasteiger partial charge in [-0.1, -0.05) is 11.8 Å². The zero-order valence-electron chi connectivity index (χ0n) is 15.7. The van der Waals surface area contributed by atoms with E-state index in [-0.39, 0.29) is 11.7 Å². The second kappa shape index (κ2) is 9.18. The first-order valence-electron chi connectivity index (χ1n) is 8.50. The van der Waals surface area contributed by atoms with Gasteiger partial charge in [0.05, 0.1) is 31.9 Å². The average Bonchev–Trinajstić information content (AvgIpc) is 3.16. The molecular formula is C18H20N6O3S. The molecular weight excluding hydrogens is 380 g/mol. The number of carbonyl (C=O) groups is 1. The maximum atomic E-state index is 12.4. The average molecular weight is 400 g/mol. The first-order chi connectivity index (χ1) is 13.7. The van der Waals surface area contributed by atoms with Gasteiger partial charge in [-0.3, -0.25) is 9.78 Å². The van der Waals surface area contributed by atoms with E-state index in [2.05, 4.69) is 25.5 Å². The van der Waals surface area contributed by atoms with Gasteiger partial charge in [0.15, 0.2) is 11.0 Å². The number of ether oxygens (including phenoxy) is 2. The van der Waals surface area contributed by atoms with Crippen LogP contribution in [0.2, 0.25) is 0 Å². The van der Waals surface area contributed by atoms with E-state index in [0.29, 0.717) is 40.4 Å². The number of methoxy groups -OCH3 is 2. The lowest BCUT2D eigenvalue weighted by molar-refractivity contribution is -0.113. The summed E-state index contributed by atoms with van der Waals surface area (Å²) in [6, 6.07) is 5.21. The second-order valence-electron chi connectivity index (χ2n) is 5.54. The van der Waals surface area contributed by atoms with E-state index in [9.17, 15) is 4.79 Å². The summed E-state index contributed by atoms with van der Waals surface area (Å²) in [6.45, 7) is 2.63. The van der Waals surface area contributed by atoms with Crippen molar-refractivity contribution in [2.75, 3.05) is 25.3 Å². The van der Waals surface area contributed by atoms with Crippen LogP contribution in [0.5, 0.6) is 11.5 Å². The molecule has 0 unspecified atom stereocenters. The predicted molar refractivity (Wildman–Crippen MR) is 106 cm³/mol. The molecule has 0 atom stereocenters. The Morgan fingerprint density at radius 2 is 2.07 bits per heavy atom. The van der Waals surface area contributed by atoms with Crippen molar-refractivity contribution < 1.29 is 14.3 Å². The Morgan fingerprint density at radius 3 is 2.75 bits per heavy atom. The number of thioether (sulfide) groups is 1. The topological polar surface area (TPSA) is 104 Å². The first-order valence-corrected chi connectivity index (χ1v) is 9.49. The highest BCUT2D eigenvalue weighted by Crippen LogP contribution is 2.29. The lowest BCUT2D eigenvalue weighted by atomic mass is 10.2. The molecule has 146 valence electrons. The number of nitrogens with one attached hydrogen (secondary N) is 1. The molecule has 0 aliphatic heterocycles. The Bertz CT molecular complexity index is 948. The molecule has 3 aromatic rings. The monoisotopic (exact) mass is 400 g/mol. The van der Waals surface area contributed by atoms with Crippen LogP contribution in [0.3, 0.4) is 0 Å². The van der Waals surface area contributed by atoms with Crippen molar-refractivity contribution in [3.63, 3.8) is 0 Å². The van der Waals surface area contributed by atoms with Crippen LogP contribution in [-0.2, 0) is 11.3 Å². The first kappa shape index (κ1) is 19.6. The van der Waals surface area contributed by atoms with Crippen LogP contribution in [0, 0.1) is 0 Å². The van der Waals surface area contributed by atoms with Crippen molar-refractivity contribution in [3.05, 3.63) is 36.8 Å². The number of hydrogen-bond donors (Lipinski definition) is 1. The second-order valence-corrected chi connectivity index (χ2v) is 6.49. The molecule has 9 nitrogen and oxygen atoms in total. The summed E-state index contributed by atoms with van der Waals surface area (Å²) < 4.78 is 12.4. The zero-order chi connectivity index (χ0) is 19.9. The lowest BCUT2D eigenvalue weighted by Crippen LogP contribution is -2.15. The van der Waals surface area contributed by atoms with Crippen LogP contribution in [-0.4, -0.2) is 50.6 Å². The summed E-state index contributed by atoms with van der Waals surface area (Å²) in [5.41, 5.74) is 1.21. The van der Waals surface area contributed by atoms with Gasteiger partial charge in [-0.15, -0.1) is 10.2 Å². The van der Waals surface area contributed by atoms with Crippen LogP contribution >= 0.6 is 11.8 Å². The Balaban J connectivity index is 1.68. The third-order valence-corrected chi connectivity index (χ3v) is 4.81. The minimum atomic E-state index is -0.180. The van der Waals surface area contributed by atoms with Crippen LogP contribution in [0.15, 0.2) is 41.9 Å². The van der Waals surface area contributed by atoms with Crippen molar-refractivity contribution in [1.29, 1.82) is 0 Å². The van der Waals surface area contributed by atoms with E-state index in [1.54, 1.807) is 43.9 Å². The summed E-state index contributed by atoms with van der Waals surface area (Å²) in [4.78, 5) is 20.7. The number of carbonyl (C=O) groups excluding carboxylic acids is 1. The number of amides is 1. The van der Waals surface area contributed by atoms with Crippen molar-refractivity contribution in [1.82, 2.24) is 24.7 Å². The molecule has 1 amide bonds. The molecule has 0 aliphatic carbocycles. The fourth-order valence-electron chi connectivity index (χ4n) is 2.50. The third kappa shape index (κ3) is 4.39. The van der Waals surface area contributed by atoms with Gasteiger partial charge < -0.3 is 19.4 Å². The normalized spacial score (nSPS) is 10.5. The van der Waals surface area contributed by atoms with Gasteiger partial charge in [-0.25, -0.2) is 4.98 Å². The van der Waals surface area contributed by atoms with Crippen molar-refractivity contribution in [3.8, 4) is 23.0 Å². The van der Waals surface area contributed by atoms with Gasteiger partial charge >= 0.3 is 0 Å². The number of anilines is 1. The molecule has 2 aromatic heterocycles. The molecule has 0 radical (unpaired) electrons. The summed E-state index contributed by atoms with van der Waals surface area (Å²) in [6.07, 6.45) is 4.84. The molecule has 0 bridgehead atoms. The molecule has 0 saturated carbocycles. The van der Waals surface area contributed by atoms with E-state index in [4.69, 9.17) is 9.47 Å². The molecule has 1 N–H and O–H groups in total. The van der Waals surface area contributed by atoms with Gasteiger partial charge in [0.2, 0.25) is 5.91 Å². The van der Waals surface area contributed by atoms with Gasteiger partial charge in [-0.2, -0.15) is 0 Å². The quantitative estimate of drug-likeness (QED) is 0.575. The minimum absolute atomic E-state index is 0.174. The molecule has 0 fully saturated rings. The molecule has 0 spiro atoms. The summed E-state index contributed by atoms with van der Waals surface area (Å²) in [5, 5.41) is 11.9. The molecule has 28 heavy (non-hydrogen) atoms. The maximum absolute atomic E-state index is 12.4. The Hall–Kier alpha value is -3.14. The number of benzene rings is 1. The van der Waals surface area contributed by atoms with Gasteiger partial charge in [0.1, 0.15) is 17.2 Å². The van der Waals surface area contributed by atoms with Crippen molar-refractivity contribution >= 4 is 23.4 Å². The van der Waals surface area contributed by atoms with Gasteiger partial charge in [0.25, 0.3) is 0 Å². The van der Waals surface area contributed by atoms with E-state index in [1.165, 1.54) is 18.9 Å². The zero-order valence-corrected chi connectivity index (χ0v) is 16.6. The molecule has 0 aliphatic rings. The number of aromatic nitrogens is 5. The smallest absolute Gasteiger partial charge is 0.234 e. The van der Waals surface area contributed by atoms with E-state index in [0.717, 1.165) is 0 Å². The highest BCUT2D eigenvalue weighted by atomic mass is 32.2. The SMILES string of the molecule is CCn1c(SCC(=O)Nc2ccc(OC)cc2OC)nnc1-c1cnccn1. The van der Waals surface area contributed by atoms with Gasteiger partial charge in [0, 0.05) is 25.0 Å².